The van der Waals surface area contributed by atoms with Crippen molar-refractivity contribution in [1.29, 1.82) is 0 Å². The number of rotatable bonds is 4. The van der Waals surface area contributed by atoms with E-state index in [1.807, 2.05) is 0 Å². The van der Waals surface area contributed by atoms with E-state index in [4.69, 9.17) is 0 Å². The van der Waals surface area contributed by atoms with Gasteiger partial charge in [-0.05, 0) is 19.3 Å². The van der Waals surface area contributed by atoms with Crippen LogP contribution in [0.1, 0.15) is 44.9 Å². The van der Waals surface area contributed by atoms with Gasteiger partial charge >= 0.3 is 5.97 Å². The third-order valence-corrected chi connectivity index (χ3v) is 4.14. The highest BCUT2D eigenvalue weighted by Gasteiger charge is 2.43. The van der Waals surface area contributed by atoms with E-state index in [0.717, 1.165) is 12.8 Å². The summed E-state index contributed by atoms with van der Waals surface area (Å²) in [4.78, 5) is 34.3. The van der Waals surface area contributed by atoms with Gasteiger partial charge in [-0.2, -0.15) is 0 Å². The Bertz CT molecular complexity index is 378. The molecular formula is C13H20N2O4. The molecule has 0 aromatic carbocycles. The van der Waals surface area contributed by atoms with E-state index in [1.54, 1.807) is 0 Å². The Labute approximate surface area is 111 Å². The zero-order chi connectivity index (χ0) is 13.9. The van der Waals surface area contributed by atoms with Gasteiger partial charge in [0.25, 0.3) is 0 Å². The van der Waals surface area contributed by atoms with Crippen molar-refractivity contribution < 1.29 is 19.5 Å². The molecule has 0 bridgehead atoms. The normalized spacial score (nSPS) is 25.7. The van der Waals surface area contributed by atoms with Gasteiger partial charge in [0.1, 0.15) is 0 Å². The number of carbonyl (C=O) groups is 3. The minimum Gasteiger partial charge on any atom is -0.481 e. The van der Waals surface area contributed by atoms with Gasteiger partial charge in [-0.15, -0.1) is 0 Å². The molecule has 106 valence electrons. The zero-order valence-corrected chi connectivity index (χ0v) is 10.9. The molecule has 0 spiro atoms. The van der Waals surface area contributed by atoms with Gasteiger partial charge in [0.15, 0.2) is 0 Å². The number of amides is 2. The van der Waals surface area contributed by atoms with Crippen LogP contribution in [0.4, 0.5) is 0 Å². The summed E-state index contributed by atoms with van der Waals surface area (Å²) in [6.45, 7) is 0.435. The first-order valence-electron chi connectivity index (χ1n) is 6.81. The van der Waals surface area contributed by atoms with Crippen molar-refractivity contribution in [2.24, 2.45) is 5.41 Å². The van der Waals surface area contributed by atoms with E-state index in [9.17, 15) is 19.5 Å². The molecule has 3 N–H and O–H groups in total. The molecule has 1 saturated heterocycles. The van der Waals surface area contributed by atoms with Crippen molar-refractivity contribution >= 4 is 17.8 Å². The van der Waals surface area contributed by atoms with Crippen LogP contribution < -0.4 is 10.6 Å². The number of aliphatic carboxylic acids is 1. The van der Waals surface area contributed by atoms with E-state index in [-0.39, 0.29) is 24.3 Å². The summed E-state index contributed by atoms with van der Waals surface area (Å²) in [5, 5.41) is 14.8. The maximum absolute atomic E-state index is 12.0. The maximum Gasteiger partial charge on any atom is 0.310 e. The molecule has 1 atom stereocenters. The Morgan fingerprint density at radius 2 is 2.05 bits per heavy atom. The van der Waals surface area contributed by atoms with Gasteiger partial charge in [-0.25, -0.2) is 0 Å². The van der Waals surface area contributed by atoms with Gasteiger partial charge in [0, 0.05) is 25.4 Å². The van der Waals surface area contributed by atoms with Gasteiger partial charge in [0.2, 0.25) is 11.8 Å². The largest absolute Gasteiger partial charge is 0.481 e. The Morgan fingerprint density at radius 1 is 1.37 bits per heavy atom. The van der Waals surface area contributed by atoms with Crippen molar-refractivity contribution in [3.8, 4) is 0 Å². The lowest BCUT2D eigenvalue weighted by atomic mass is 9.82. The van der Waals surface area contributed by atoms with Crippen LogP contribution in [0.2, 0.25) is 0 Å². The first-order valence-corrected chi connectivity index (χ1v) is 6.81. The van der Waals surface area contributed by atoms with Crippen LogP contribution in [0.5, 0.6) is 0 Å². The number of carboxylic acids is 1. The molecule has 1 unspecified atom stereocenters. The molecule has 0 radical (unpaired) electrons. The molecule has 6 nitrogen and oxygen atoms in total. The van der Waals surface area contributed by atoms with E-state index < -0.39 is 11.4 Å². The Morgan fingerprint density at radius 3 is 2.58 bits per heavy atom. The molecule has 19 heavy (non-hydrogen) atoms. The summed E-state index contributed by atoms with van der Waals surface area (Å²) in [5.74, 6) is -1.08. The van der Waals surface area contributed by atoms with Crippen LogP contribution in [0.25, 0.3) is 0 Å². The molecule has 2 fully saturated rings. The molecule has 0 aromatic heterocycles. The van der Waals surface area contributed by atoms with Crippen molar-refractivity contribution in [2.45, 2.75) is 51.0 Å². The van der Waals surface area contributed by atoms with Crippen LogP contribution in [-0.2, 0) is 14.4 Å². The number of hydrogen-bond acceptors (Lipinski definition) is 3. The van der Waals surface area contributed by atoms with Crippen molar-refractivity contribution in [3.63, 3.8) is 0 Å². The molecule has 6 heteroatoms. The van der Waals surface area contributed by atoms with Crippen molar-refractivity contribution in [1.82, 2.24) is 10.6 Å². The number of carbonyl (C=O) groups excluding carboxylic acids is 2. The van der Waals surface area contributed by atoms with Crippen LogP contribution in [-0.4, -0.2) is 35.5 Å². The fourth-order valence-corrected chi connectivity index (χ4v) is 2.96. The predicted octanol–water partition coefficient (Wildman–Crippen LogP) is 0.416. The summed E-state index contributed by atoms with van der Waals surface area (Å²) in [7, 11) is 0. The highest BCUT2D eigenvalue weighted by atomic mass is 16.4. The summed E-state index contributed by atoms with van der Waals surface area (Å²) in [6.07, 6.45) is 3.99. The number of hydrogen-bond donors (Lipinski definition) is 3. The molecule has 1 heterocycles. The fourth-order valence-electron chi connectivity index (χ4n) is 2.96. The first-order chi connectivity index (χ1) is 9.02. The monoisotopic (exact) mass is 268 g/mol. The van der Waals surface area contributed by atoms with E-state index >= 15 is 0 Å². The molecule has 2 rings (SSSR count). The third kappa shape index (κ3) is 3.24. The second kappa shape index (κ2) is 5.59. The van der Waals surface area contributed by atoms with Gasteiger partial charge in [0.05, 0.1) is 5.41 Å². The summed E-state index contributed by atoms with van der Waals surface area (Å²) < 4.78 is 0. The molecule has 1 aliphatic carbocycles. The quantitative estimate of drug-likeness (QED) is 0.688. The maximum atomic E-state index is 12.0. The Hall–Kier alpha value is -1.59. The standard InChI is InChI=1S/C13H20N2O4/c16-10-4-3-9(8-14-10)15-11(17)7-13(12(18)19)5-1-2-6-13/h9H,1-8H2,(H,14,16)(H,15,17)(H,18,19). The number of carboxylic acid groups (broad SMARTS) is 1. The molecule has 1 aliphatic heterocycles. The summed E-state index contributed by atoms with van der Waals surface area (Å²) >= 11 is 0. The minimum atomic E-state index is -0.873. The first kappa shape index (κ1) is 13.8. The van der Waals surface area contributed by atoms with Crippen LogP contribution in [0.3, 0.4) is 0 Å². The number of nitrogens with one attached hydrogen (secondary N) is 2. The molecule has 0 aromatic rings. The third-order valence-electron chi connectivity index (χ3n) is 4.14. The average Bonchev–Trinajstić information content (AvgIpc) is 2.82. The average molecular weight is 268 g/mol. The van der Waals surface area contributed by atoms with Crippen LogP contribution in [0, 0.1) is 5.41 Å². The highest BCUT2D eigenvalue weighted by Crippen LogP contribution is 2.41. The van der Waals surface area contributed by atoms with Crippen LogP contribution in [0.15, 0.2) is 0 Å². The number of piperidine rings is 1. The van der Waals surface area contributed by atoms with E-state index in [2.05, 4.69) is 10.6 Å². The Balaban J connectivity index is 1.86. The van der Waals surface area contributed by atoms with Crippen molar-refractivity contribution in [3.05, 3.63) is 0 Å². The topological polar surface area (TPSA) is 95.5 Å². The summed E-state index contributed by atoms with van der Waals surface area (Å²) in [5.41, 5.74) is -0.873. The summed E-state index contributed by atoms with van der Waals surface area (Å²) in [6, 6.07) is -0.0718. The molecule has 2 aliphatic rings. The lowest BCUT2D eigenvalue weighted by Gasteiger charge is -2.27. The van der Waals surface area contributed by atoms with Crippen molar-refractivity contribution in [2.75, 3.05) is 6.54 Å². The van der Waals surface area contributed by atoms with Gasteiger partial charge < -0.3 is 15.7 Å². The molecule has 1 saturated carbocycles. The molecular weight excluding hydrogens is 248 g/mol. The van der Waals surface area contributed by atoms with E-state index in [0.29, 0.717) is 32.2 Å². The minimum absolute atomic E-state index is 0.00305. The zero-order valence-electron chi connectivity index (χ0n) is 10.9. The Kier molecular flexibility index (Phi) is 4.07. The highest BCUT2D eigenvalue weighted by molar-refractivity contribution is 5.85. The fraction of sp³-hybridized carbons (Fsp3) is 0.769. The van der Waals surface area contributed by atoms with Crippen LogP contribution >= 0.6 is 0 Å². The lowest BCUT2D eigenvalue weighted by Crippen LogP contribution is -2.49. The van der Waals surface area contributed by atoms with Gasteiger partial charge in [-0.3, -0.25) is 14.4 Å². The smallest absolute Gasteiger partial charge is 0.310 e. The van der Waals surface area contributed by atoms with E-state index in [1.165, 1.54) is 0 Å². The lowest BCUT2D eigenvalue weighted by molar-refractivity contribution is -0.151. The molecule has 2 amide bonds. The van der Waals surface area contributed by atoms with Gasteiger partial charge in [-0.1, -0.05) is 12.8 Å². The SMILES string of the molecule is O=C1CCC(NC(=O)CC2(C(=O)O)CCCC2)CN1. The predicted molar refractivity (Wildman–Crippen MR) is 67.3 cm³/mol. The second-order valence-corrected chi connectivity index (χ2v) is 5.58. The second-order valence-electron chi connectivity index (χ2n) is 5.58.